The first-order valence-electron chi connectivity index (χ1n) is 9.61. The zero-order valence-electron chi connectivity index (χ0n) is 15.6. The molecule has 2 aliphatic rings. The molecule has 7 heteroatoms. The minimum atomic E-state index is -3.57. The summed E-state index contributed by atoms with van der Waals surface area (Å²) in [5, 5.41) is 4.28. The van der Waals surface area contributed by atoms with Crippen LogP contribution in [0.1, 0.15) is 47.2 Å². The highest BCUT2D eigenvalue weighted by molar-refractivity contribution is 7.89. The number of sulfonamides is 1. The third-order valence-electron chi connectivity index (χ3n) is 5.30. The fourth-order valence-corrected chi connectivity index (χ4v) is 5.32. The summed E-state index contributed by atoms with van der Waals surface area (Å²) in [6.45, 7) is 1.07. The highest BCUT2D eigenvalue weighted by Gasteiger charge is 2.26. The normalized spacial score (nSPS) is 18.8. The Morgan fingerprint density at radius 1 is 0.964 bits per heavy atom. The van der Waals surface area contributed by atoms with Gasteiger partial charge in [0.2, 0.25) is 10.0 Å². The van der Waals surface area contributed by atoms with Gasteiger partial charge in [-0.15, -0.1) is 0 Å². The molecule has 6 nitrogen and oxygen atoms in total. The Morgan fingerprint density at radius 3 is 2.57 bits per heavy atom. The molecule has 0 unspecified atom stereocenters. The number of nitrogens with zero attached hydrogens (tertiary/aromatic N) is 2. The zero-order valence-corrected chi connectivity index (χ0v) is 16.4. The lowest BCUT2D eigenvalue weighted by molar-refractivity contribution is 0.0954. The topological polar surface area (TPSA) is 78.8 Å². The molecule has 2 aromatic rings. The van der Waals surface area contributed by atoms with Crippen LogP contribution >= 0.6 is 0 Å². The van der Waals surface area contributed by atoms with Crippen LogP contribution < -0.4 is 5.43 Å². The summed E-state index contributed by atoms with van der Waals surface area (Å²) in [4.78, 5) is 12.7. The SMILES string of the molecule is O=C(NN=C1CCc2ccccc21)c1cccc(S(=O)(=O)N2CCCCC2)c1. The lowest BCUT2D eigenvalue weighted by atomic mass is 10.1. The Labute approximate surface area is 165 Å². The second kappa shape index (κ2) is 7.85. The molecule has 1 aliphatic carbocycles. The molecular weight excluding hydrogens is 374 g/mol. The van der Waals surface area contributed by atoms with Gasteiger partial charge in [-0.2, -0.15) is 9.41 Å². The molecule has 0 bridgehead atoms. The molecule has 4 rings (SSSR count). The maximum absolute atomic E-state index is 12.8. The fraction of sp³-hybridized carbons (Fsp3) is 0.333. The number of hydrogen-bond acceptors (Lipinski definition) is 4. The quantitative estimate of drug-likeness (QED) is 0.806. The molecule has 1 N–H and O–H groups in total. The van der Waals surface area contributed by atoms with E-state index in [1.54, 1.807) is 18.2 Å². The van der Waals surface area contributed by atoms with Crippen LogP contribution in [0.4, 0.5) is 0 Å². The molecule has 2 aromatic carbocycles. The third kappa shape index (κ3) is 3.72. The molecule has 0 atom stereocenters. The lowest BCUT2D eigenvalue weighted by Crippen LogP contribution is -2.35. The van der Waals surface area contributed by atoms with E-state index in [0.29, 0.717) is 13.1 Å². The number of piperidine rings is 1. The Hall–Kier alpha value is -2.51. The molecule has 1 fully saturated rings. The molecule has 1 aliphatic heterocycles. The monoisotopic (exact) mass is 397 g/mol. The fourth-order valence-electron chi connectivity index (χ4n) is 3.76. The van der Waals surface area contributed by atoms with Gasteiger partial charge in [0.1, 0.15) is 0 Å². The molecule has 1 saturated heterocycles. The van der Waals surface area contributed by atoms with E-state index in [1.807, 2.05) is 18.2 Å². The molecule has 0 spiro atoms. The zero-order chi connectivity index (χ0) is 19.6. The number of hydrogen-bond donors (Lipinski definition) is 1. The van der Waals surface area contributed by atoms with E-state index in [1.165, 1.54) is 15.9 Å². The molecule has 146 valence electrons. The first-order valence-corrected chi connectivity index (χ1v) is 11.0. The Morgan fingerprint density at radius 2 is 1.75 bits per heavy atom. The van der Waals surface area contributed by atoms with Crippen molar-refractivity contribution in [3.63, 3.8) is 0 Å². The summed E-state index contributed by atoms with van der Waals surface area (Å²) in [5.74, 6) is -0.410. The molecule has 1 heterocycles. The van der Waals surface area contributed by atoms with Gasteiger partial charge < -0.3 is 0 Å². The first kappa shape index (κ1) is 18.8. The third-order valence-corrected chi connectivity index (χ3v) is 7.20. The van der Waals surface area contributed by atoms with Gasteiger partial charge in [0.05, 0.1) is 10.6 Å². The maximum Gasteiger partial charge on any atom is 0.271 e. The second-order valence-electron chi connectivity index (χ2n) is 7.15. The highest BCUT2D eigenvalue weighted by atomic mass is 32.2. The minimum Gasteiger partial charge on any atom is -0.267 e. The van der Waals surface area contributed by atoms with Gasteiger partial charge in [-0.25, -0.2) is 13.8 Å². The minimum absolute atomic E-state index is 0.154. The van der Waals surface area contributed by atoms with Crippen LogP contribution in [0.5, 0.6) is 0 Å². The number of carbonyl (C=O) groups excluding carboxylic acids is 1. The standard InChI is InChI=1S/C21H23N3O3S/c25-21(23-22-20-12-11-16-7-2-3-10-19(16)20)17-8-6-9-18(15-17)28(26,27)24-13-4-1-5-14-24/h2-3,6-10,15H,1,4-5,11-14H2,(H,23,25). The number of rotatable bonds is 4. The van der Waals surface area contributed by atoms with Crippen molar-refractivity contribution in [3.05, 3.63) is 65.2 Å². The van der Waals surface area contributed by atoms with Gasteiger partial charge in [0.25, 0.3) is 5.91 Å². The summed E-state index contributed by atoms with van der Waals surface area (Å²) in [6, 6.07) is 14.2. The van der Waals surface area contributed by atoms with E-state index in [9.17, 15) is 13.2 Å². The number of nitrogens with one attached hydrogen (secondary N) is 1. The van der Waals surface area contributed by atoms with Gasteiger partial charge in [-0.1, -0.05) is 36.8 Å². The molecular formula is C21H23N3O3S. The Bertz CT molecular complexity index is 1020. The average Bonchev–Trinajstić information content (AvgIpc) is 3.16. The molecule has 28 heavy (non-hydrogen) atoms. The molecule has 0 aromatic heterocycles. The number of benzene rings is 2. The molecule has 0 radical (unpaired) electrons. The Balaban J connectivity index is 1.52. The van der Waals surface area contributed by atoms with E-state index in [4.69, 9.17) is 0 Å². The first-order chi connectivity index (χ1) is 13.6. The largest absolute Gasteiger partial charge is 0.271 e. The van der Waals surface area contributed by atoms with Crippen molar-refractivity contribution in [2.45, 2.75) is 37.0 Å². The van der Waals surface area contributed by atoms with Crippen molar-refractivity contribution < 1.29 is 13.2 Å². The van der Waals surface area contributed by atoms with Crippen molar-refractivity contribution in [1.82, 2.24) is 9.73 Å². The number of amides is 1. The van der Waals surface area contributed by atoms with E-state index in [0.717, 1.165) is 43.4 Å². The van der Waals surface area contributed by atoms with Gasteiger partial charge in [-0.3, -0.25) is 4.79 Å². The summed E-state index contributed by atoms with van der Waals surface area (Å²) in [5.41, 5.74) is 6.00. The van der Waals surface area contributed by atoms with E-state index < -0.39 is 15.9 Å². The summed E-state index contributed by atoms with van der Waals surface area (Å²) >= 11 is 0. The highest BCUT2D eigenvalue weighted by Crippen LogP contribution is 2.23. The number of hydrazone groups is 1. The van der Waals surface area contributed by atoms with E-state index >= 15 is 0 Å². The lowest BCUT2D eigenvalue weighted by Gasteiger charge is -2.25. The summed E-state index contributed by atoms with van der Waals surface area (Å²) < 4.78 is 27.2. The van der Waals surface area contributed by atoms with Crippen molar-refractivity contribution in [1.29, 1.82) is 0 Å². The number of aryl methyl sites for hydroxylation is 1. The Kier molecular flexibility index (Phi) is 5.28. The van der Waals surface area contributed by atoms with Crippen LogP contribution in [0, 0.1) is 0 Å². The van der Waals surface area contributed by atoms with Gasteiger partial charge >= 0.3 is 0 Å². The van der Waals surface area contributed by atoms with Crippen molar-refractivity contribution in [3.8, 4) is 0 Å². The summed E-state index contributed by atoms with van der Waals surface area (Å²) in [7, 11) is -3.57. The molecule has 0 saturated carbocycles. The van der Waals surface area contributed by atoms with Crippen molar-refractivity contribution in [2.75, 3.05) is 13.1 Å². The smallest absolute Gasteiger partial charge is 0.267 e. The van der Waals surface area contributed by atoms with E-state index in [2.05, 4.69) is 16.6 Å². The van der Waals surface area contributed by atoms with Crippen LogP contribution in [0.3, 0.4) is 0 Å². The van der Waals surface area contributed by atoms with Gasteiger partial charge in [0.15, 0.2) is 0 Å². The predicted octanol–water partition coefficient (Wildman–Crippen LogP) is 2.94. The van der Waals surface area contributed by atoms with Gasteiger partial charge in [0, 0.05) is 24.2 Å². The van der Waals surface area contributed by atoms with Crippen LogP contribution in [0.25, 0.3) is 0 Å². The number of carbonyl (C=O) groups is 1. The average molecular weight is 398 g/mol. The molecule has 1 amide bonds. The van der Waals surface area contributed by atoms with Crippen LogP contribution in [0.2, 0.25) is 0 Å². The van der Waals surface area contributed by atoms with Crippen molar-refractivity contribution >= 4 is 21.6 Å². The van der Waals surface area contributed by atoms with Gasteiger partial charge in [-0.05, 0) is 49.4 Å². The van der Waals surface area contributed by atoms with Crippen molar-refractivity contribution in [2.24, 2.45) is 5.10 Å². The van der Waals surface area contributed by atoms with Crippen LogP contribution in [-0.4, -0.2) is 37.4 Å². The predicted molar refractivity (Wildman–Crippen MR) is 108 cm³/mol. The number of fused-ring (bicyclic) bond motifs is 1. The van der Waals surface area contributed by atoms with E-state index in [-0.39, 0.29) is 10.5 Å². The second-order valence-corrected chi connectivity index (χ2v) is 9.09. The van der Waals surface area contributed by atoms with Crippen LogP contribution in [-0.2, 0) is 16.4 Å². The van der Waals surface area contributed by atoms with Crippen LogP contribution in [0.15, 0.2) is 58.5 Å². The summed E-state index contributed by atoms with van der Waals surface area (Å²) in [6.07, 6.45) is 4.49. The maximum atomic E-state index is 12.8.